The van der Waals surface area contributed by atoms with Gasteiger partial charge in [-0.25, -0.2) is 0 Å². The van der Waals surface area contributed by atoms with Crippen LogP contribution in [0.4, 0.5) is 11.5 Å². The normalized spacial score (nSPS) is 11.3. The summed E-state index contributed by atoms with van der Waals surface area (Å²) >= 11 is 1.31. The Hall–Kier alpha value is -5.09. The summed E-state index contributed by atoms with van der Waals surface area (Å²) in [4.78, 5) is 42.6. The second kappa shape index (κ2) is 12.2. The summed E-state index contributed by atoms with van der Waals surface area (Å²) in [5.74, 6) is -0.0291. The molecular formula is C30H25N5O4S. The summed E-state index contributed by atoms with van der Waals surface area (Å²) in [5, 5.41) is 13.0. The molecule has 0 atom stereocenters. The summed E-state index contributed by atoms with van der Waals surface area (Å²) < 4.78 is 4.96. The van der Waals surface area contributed by atoms with E-state index in [2.05, 4.69) is 26.1 Å². The fourth-order valence-electron chi connectivity index (χ4n) is 3.93. The number of aryl methyl sites for hydroxylation is 1. The monoisotopic (exact) mass is 551 g/mol. The summed E-state index contributed by atoms with van der Waals surface area (Å²) in [5.41, 5.74) is 2.69. The van der Waals surface area contributed by atoms with Crippen molar-refractivity contribution in [3.63, 3.8) is 0 Å². The van der Waals surface area contributed by atoms with Crippen molar-refractivity contribution < 1.29 is 18.9 Å². The third-order valence-electron chi connectivity index (χ3n) is 5.81. The quantitative estimate of drug-likeness (QED) is 0.139. The molecule has 9 nitrogen and oxygen atoms in total. The van der Waals surface area contributed by atoms with E-state index in [1.165, 1.54) is 11.8 Å². The molecule has 0 saturated carbocycles. The maximum atomic E-state index is 13.4. The van der Waals surface area contributed by atoms with Crippen molar-refractivity contribution in [1.82, 2.24) is 15.5 Å². The fourth-order valence-corrected chi connectivity index (χ4v) is 4.68. The van der Waals surface area contributed by atoms with Crippen LogP contribution in [0.15, 0.2) is 106 Å². The van der Waals surface area contributed by atoms with Crippen molar-refractivity contribution in [2.24, 2.45) is 0 Å². The standard InChI is InChI=1S/C30H25N5O4S/c1-19-14-27(35-39-19)34-28(36)18-40-23-11-7-10-22(16-23)32-30(38)26(33-29(37)20-8-3-2-4-9-20)15-21-17-31-25-13-6-5-12-24(21)25/h2-17,31H,18H2,1H3,(H,32,38)(H,33,37)(H,34,35,36)/b26-15-. The van der Waals surface area contributed by atoms with Crippen LogP contribution >= 0.6 is 11.8 Å². The van der Waals surface area contributed by atoms with Gasteiger partial charge in [-0.05, 0) is 49.4 Å². The minimum atomic E-state index is -0.490. The molecule has 0 aliphatic carbocycles. The molecule has 2 heterocycles. The maximum Gasteiger partial charge on any atom is 0.272 e. The highest BCUT2D eigenvalue weighted by molar-refractivity contribution is 8.00. The molecule has 0 saturated heterocycles. The van der Waals surface area contributed by atoms with E-state index in [1.807, 2.05) is 36.4 Å². The zero-order valence-electron chi connectivity index (χ0n) is 21.4. The molecule has 2 aromatic heterocycles. The van der Waals surface area contributed by atoms with Gasteiger partial charge in [-0.1, -0.05) is 47.6 Å². The number of anilines is 2. The Morgan fingerprint density at radius 2 is 1.75 bits per heavy atom. The lowest BCUT2D eigenvalue weighted by Gasteiger charge is -2.12. The van der Waals surface area contributed by atoms with Crippen molar-refractivity contribution in [3.05, 3.63) is 114 Å². The van der Waals surface area contributed by atoms with Gasteiger partial charge in [0, 0.05) is 44.9 Å². The van der Waals surface area contributed by atoms with Crippen LogP contribution in [-0.4, -0.2) is 33.6 Å². The van der Waals surface area contributed by atoms with Crippen LogP contribution in [0.2, 0.25) is 0 Å². The Labute approximate surface area is 234 Å². The predicted octanol–water partition coefficient (Wildman–Crippen LogP) is 5.60. The third-order valence-corrected chi connectivity index (χ3v) is 6.80. The van der Waals surface area contributed by atoms with E-state index in [4.69, 9.17) is 4.52 Å². The summed E-state index contributed by atoms with van der Waals surface area (Å²) in [6.45, 7) is 1.74. The Balaban J connectivity index is 1.32. The van der Waals surface area contributed by atoms with Crippen molar-refractivity contribution in [2.75, 3.05) is 16.4 Å². The van der Waals surface area contributed by atoms with Crippen LogP contribution < -0.4 is 16.0 Å². The molecule has 3 aromatic carbocycles. The highest BCUT2D eigenvalue weighted by Gasteiger charge is 2.16. The Morgan fingerprint density at radius 1 is 0.950 bits per heavy atom. The van der Waals surface area contributed by atoms with Crippen LogP contribution in [0.25, 0.3) is 17.0 Å². The van der Waals surface area contributed by atoms with Crippen LogP contribution in [0.1, 0.15) is 21.7 Å². The second-order valence-corrected chi connectivity index (χ2v) is 9.86. The van der Waals surface area contributed by atoms with Crippen LogP contribution in [-0.2, 0) is 9.59 Å². The number of aromatic amines is 1. The number of thioether (sulfide) groups is 1. The molecular weight excluding hydrogens is 526 g/mol. The van der Waals surface area contributed by atoms with Gasteiger partial charge in [-0.15, -0.1) is 11.8 Å². The van der Waals surface area contributed by atoms with Crippen molar-refractivity contribution in [2.45, 2.75) is 11.8 Å². The highest BCUT2D eigenvalue weighted by atomic mass is 32.2. The Morgan fingerprint density at radius 3 is 2.55 bits per heavy atom. The van der Waals surface area contributed by atoms with Crippen molar-refractivity contribution in [1.29, 1.82) is 0 Å². The minimum absolute atomic E-state index is 0.0824. The molecule has 40 heavy (non-hydrogen) atoms. The molecule has 0 spiro atoms. The fraction of sp³-hybridized carbons (Fsp3) is 0.0667. The van der Waals surface area contributed by atoms with Crippen LogP contribution in [0.3, 0.4) is 0 Å². The molecule has 0 aliphatic rings. The zero-order chi connectivity index (χ0) is 27.9. The number of rotatable bonds is 9. The van der Waals surface area contributed by atoms with E-state index in [9.17, 15) is 14.4 Å². The molecule has 0 unspecified atom stereocenters. The Bertz CT molecular complexity index is 1710. The number of para-hydroxylation sites is 1. The lowest BCUT2D eigenvalue weighted by Crippen LogP contribution is -2.30. The number of nitrogens with zero attached hydrogens (tertiary/aromatic N) is 1. The average molecular weight is 552 g/mol. The van der Waals surface area contributed by atoms with Crippen LogP contribution in [0, 0.1) is 6.92 Å². The summed E-state index contributed by atoms with van der Waals surface area (Å²) in [6, 6.07) is 25.1. The van der Waals surface area contributed by atoms with Crippen molar-refractivity contribution in [3.8, 4) is 0 Å². The van der Waals surface area contributed by atoms with Gasteiger partial charge < -0.3 is 25.5 Å². The number of carbonyl (C=O) groups is 3. The topological polar surface area (TPSA) is 129 Å². The number of carbonyl (C=O) groups excluding carboxylic acids is 3. The number of hydrogen-bond acceptors (Lipinski definition) is 6. The number of H-pyrrole nitrogens is 1. The van der Waals surface area contributed by atoms with Gasteiger partial charge in [0.15, 0.2) is 5.82 Å². The molecule has 5 rings (SSSR count). The lowest BCUT2D eigenvalue weighted by atomic mass is 10.1. The number of amides is 3. The number of benzene rings is 3. The van der Waals surface area contributed by atoms with E-state index >= 15 is 0 Å². The maximum absolute atomic E-state index is 13.4. The molecule has 200 valence electrons. The first-order chi connectivity index (χ1) is 19.4. The largest absolute Gasteiger partial charge is 0.361 e. The van der Waals surface area contributed by atoms with Crippen molar-refractivity contribution >= 4 is 58.0 Å². The van der Waals surface area contributed by atoms with Crippen LogP contribution in [0.5, 0.6) is 0 Å². The van der Waals surface area contributed by atoms with E-state index < -0.39 is 11.8 Å². The molecule has 5 aromatic rings. The van der Waals surface area contributed by atoms with Gasteiger partial charge in [-0.2, -0.15) is 0 Å². The Kier molecular flexibility index (Phi) is 8.07. The van der Waals surface area contributed by atoms with Gasteiger partial charge in [0.2, 0.25) is 5.91 Å². The second-order valence-electron chi connectivity index (χ2n) is 8.81. The smallest absolute Gasteiger partial charge is 0.272 e. The number of hydrogen-bond donors (Lipinski definition) is 4. The van der Waals surface area contributed by atoms with Gasteiger partial charge in [0.25, 0.3) is 11.8 Å². The number of fused-ring (bicyclic) bond motifs is 1. The highest BCUT2D eigenvalue weighted by Crippen LogP contribution is 2.24. The predicted molar refractivity (Wildman–Crippen MR) is 156 cm³/mol. The minimum Gasteiger partial charge on any atom is -0.361 e. The lowest BCUT2D eigenvalue weighted by molar-refractivity contribution is -0.114. The molecule has 4 N–H and O–H groups in total. The summed E-state index contributed by atoms with van der Waals surface area (Å²) in [6.07, 6.45) is 3.43. The van der Waals surface area contributed by atoms with Gasteiger partial charge >= 0.3 is 0 Å². The first-order valence-electron chi connectivity index (χ1n) is 12.4. The van der Waals surface area contributed by atoms with E-state index in [0.29, 0.717) is 22.8 Å². The molecule has 0 fully saturated rings. The summed E-state index contributed by atoms with van der Waals surface area (Å²) in [7, 11) is 0. The van der Waals surface area contributed by atoms with Gasteiger partial charge in [0.05, 0.1) is 5.75 Å². The molecule has 0 radical (unpaired) electrons. The molecule has 0 bridgehead atoms. The third kappa shape index (κ3) is 6.66. The van der Waals surface area contributed by atoms with E-state index in [0.717, 1.165) is 21.4 Å². The number of aromatic nitrogens is 2. The zero-order valence-corrected chi connectivity index (χ0v) is 22.2. The van der Waals surface area contributed by atoms with Gasteiger partial charge in [-0.3, -0.25) is 14.4 Å². The molecule has 0 aliphatic heterocycles. The van der Waals surface area contributed by atoms with E-state index in [1.54, 1.807) is 67.7 Å². The average Bonchev–Trinajstić information content (AvgIpc) is 3.57. The first-order valence-corrected chi connectivity index (χ1v) is 13.3. The van der Waals surface area contributed by atoms with E-state index in [-0.39, 0.29) is 17.4 Å². The number of nitrogens with one attached hydrogen (secondary N) is 4. The SMILES string of the molecule is Cc1cc(NC(=O)CSc2cccc(NC(=O)/C(=C/c3c[nH]c4ccccc34)NC(=O)c3ccccc3)c2)no1. The first kappa shape index (κ1) is 26.5. The molecule has 3 amide bonds. The van der Waals surface area contributed by atoms with Gasteiger partial charge in [0.1, 0.15) is 11.5 Å². The molecule has 10 heteroatoms.